The van der Waals surface area contributed by atoms with E-state index >= 15 is 0 Å². The molecule has 0 radical (unpaired) electrons. The van der Waals surface area contributed by atoms with Gasteiger partial charge in [0.1, 0.15) is 0 Å². The number of piperidine rings is 1. The molecular formula is C18H27N3O. The first-order chi connectivity index (χ1) is 10.8. The number of rotatable bonds is 4. The van der Waals surface area contributed by atoms with Gasteiger partial charge >= 0.3 is 0 Å². The minimum absolute atomic E-state index is 0.299. The zero-order valence-corrected chi connectivity index (χ0v) is 13.5. The molecule has 1 aromatic rings. The molecule has 4 nitrogen and oxygen atoms in total. The standard InChI is InChI=1S/C18H27N3O/c1-19-11-14-4-3-9-21(13-14)18(22)10-15-5-2-6-16-12-20-8-7-17(15)16/h2,5-6,14,19-20H,3-4,7-13H2,1H3. The Kier molecular flexibility index (Phi) is 5.11. The summed E-state index contributed by atoms with van der Waals surface area (Å²) in [7, 11) is 1.99. The summed E-state index contributed by atoms with van der Waals surface area (Å²) in [5.74, 6) is 0.907. The van der Waals surface area contributed by atoms with Crippen LogP contribution in [0.25, 0.3) is 0 Å². The van der Waals surface area contributed by atoms with Crippen LogP contribution >= 0.6 is 0 Å². The Morgan fingerprint density at radius 1 is 1.45 bits per heavy atom. The highest BCUT2D eigenvalue weighted by molar-refractivity contribution is 5.79. The van der Waals surface area contributed by atoms with Gasteiger partial charge in [0.15, 0.2) is 0 Å². The first kappa shape index (κ1) is 15.5. The summed E-state index contributed by atoms with van der Waals surface area (Å²) in [4.78, 5) is 14.8. The van der Waals surface area contributed by atoms with Gasteiger partial charge in [0.05, 0.1) is 6.42 Å². The van der Waals surface area contributed by atoms with Crippen LogP contribution in [0.15, 0.2) is 18.2 Å². The molecule has 120 valence electrons. The van der Waals surface area contributed by atoms with Crippen molar-refractivity contribution in [3.63, 3.8) is 0 Å². The number of likely N-dealkylation sites (tertiary alicyclic amines) is 1. The molecule has 2 aliphatic heterocycles. The van der Waals surface area contributed by atoms with E-state index in [2.05, 4.69) is 33.7 Å². The first-order valence-electron chi connectivity index (χ1n) is 8.50. The smallest absolute Gasteiger partial charge is 0.227 e. The van der Waals surface area contributed by atoms with E-state index < -0.39 is 0 Å². The third kappa shape index (κ3) is 3.50. The van der Waals surface area contributed by atoms with Crippen LogP contribution < -0.4 is 10.6 Å². The van der Waals surface area contributed by atoms with E-state index in [4.69, 9.17) is 0 Å². The van der Waals surface area contributed by atoms with Gasteiger partial charge in [-0.3, -0.25) is 4.79 Å². The molecule has 0 bridgehead atoms. The Morgan fingerprint density at radius 2 is 2.36 bits per heavy atom. The topological polar surface area (TPSA) is 44.4 Å². The Hall–Kier alpha value is -1.39. The van der Waals surface area contributed by atoms with Crippen LogP contribution in [0, 0.1) is 5.92 Å². The van der Waals surface area contributed by atoms with E-state index in [9.17, 15) is 4.79 Å². The van der Waals surface area contributed by atoms with Crippen molar-refractivity contribution >= 4 is 5.91 Å². The van der Waals surface area contributed by atoms with Crippen molar-refractivity contribution < 1.29 is 4.79 Å². The molecule has 2 heterocycles. The van der Waals surface area contributed by atoms with Gasteiger partial charge in [-0.05, 0) is 62.0 Å². The molecule has 1 unspecified atom stereocenters. The van der Waals surface area contributed by atoms with Crippen LogP contribution in [0.2, 0.25) is 0 Å². The third-order valence-corrected chi connectivity index (χ3v) is 4.94. The highest BCUT2D eigenvalue weighted by Crippen LogP contribution is 2.21. The molecule has 0 spiro atoms. The predicted octanol–water partition coefficient (Wildman–Crippen LogP) is 1.33. The zero-order chi connectivity index (χ0) is 15.4. The van der Waals surface area contributed by atoms with Gasteiger partial charge in [0.25, 0.3) is 0 Å². The predicted molar refractivity (Wildman–Crippen MR) is 88.8 cm³/mol. The van der Waals surface area contributed by atoms with Gasteiger partial charge in [-0.1, -0.05) is 18.2 Å². The van der Waals surface area contributed by atoms with Gasteiger partial charge in [0.2, 0.25) is 5.91 Å². The number of benzene rings is 1. The van der Waals surface area contributed by atoms with Crippen molar-refractivity contribution in [2.24, 2.45) is 5.92 Å². The van der Waals surface area contributed by atoms with Crippen LogP contribution in [0.4, 0.5) is 0 Å². The van der Waals surface area contributed by atoms with Crippen LogP contribution in [0.1, 0.15) is 29.5 Å². The molecule has 1 saturated heterocycles. The fourth-order valence-corrected chi connectivity index (χ4v) is 3.80. The third-order valence-electron chi connectivity index (χ3n) is 4.94. The molecular weight excluding hydrogens is 274 g/mol. The molecule has 0 aliphatic carbocycles. The Labute approximate surface area is 133 Å². The summed E-state index contributed by atoms with van der Waals surface area (Å²) in [6.45, 7) is 4.81. The van der Waals surface area contributed by atoms with E-state index in [1.165, 1.54) is 23.1 Å². The quantitative estimate of drug-likeness (QED) is 0.882. The second-order valence-electron chi connectivity index (χ2n) is 6.56. The number of nitrogens with zero attached hydrogens (tertiary/aromatic N) is 1. The maximum atomic E-state index is 12.7. The van der Waals surface area contributed by atoms with Gasteiger partial charge in [-0.2, -0.15) is 0 Å². The number of hydrogen-bond donors (Lipinski definition) is 2. The largest absolute Gasteiger partial charge is 0.342 e. The van der Waals surface area contributed by atoms with Gasteiger partial charge in [-0.15, -0.1) is 0 Å². The van der Waals surface area contributed by atoms with Crippen molar-refractivity contribution in [3.8, 4) is 0 Å². The van der Waals surface area contributed by atoms with Crippen LogP contribution in [0.3, 0.4) is 0 Å². The van der Waals surface area contributed by atoms with E-state index in [-0.39, 0.29) is 0 Å². The fraction of sp³-hybridized carbons (Fsp3) is 0.611. The lowest BCUT2D eigenvalue weighted by Crippen LogP contribution is -2.43. The molecule has 0 aromatic heterocycles. The highest BCUT2D eigenvalue weighted by atomic mass is 16.2. The summed E-state index contributed by atoms with van der Waals surface area (Å²) in [6, 6.07) is 6.41. The van der Waals surface area contributed by atoms with Gasteiger partial charge in [0, 0.05) is 19.6 Å². The Bertz CT molecular complexity index is 527. The maximum absolute atomic E-state index is 12.7. The summed E-state index contributed by atoms with van der Waals surface area (Å²) >= 11 is 0. The summed E-state index contributed by atoms with van der Waals surface area (Å²) in [5.41, 5.74) is 4.00. The van der Waals surface area contributed by atoms with Crippen molar-refractivity contribution in [1.82, 2.24) is 15.5 Å². The van der Waals surface area contributed by atoms with Crippen molar-refractivity contribution in [2.75, 3.05) is 33.2 Å². The van der Waals surface area contributed by atoms with Crippen LogP contribution in [-0.4, -0.2) is 44.0 Å². The van der Waals surface area contributed by atoms with Crippen LogP contribution in [-0.2, 0) is 24.2 Å². The summed E-state index contributed by atoms with van der Waals surface area (Å²) in [6.07, 6.45) is 3.97. The molecule has 22 heavy (non-hydrogen) atoms. The molecule has 1 amide bonds. The van der Waals surface area contributed by atoms with Gasteiger partial charge < -0.3 is 15.5 Å². The SMILES string of the molecule is CNCC1CCCN(C(=O)Cc2cccc3c2CCNC3)C1. The number of carbonyl (C=O) groups excluding carboxylic acids is 1. The molecule has 1 atom stereocenters. The maximum Gasteiger partial charge on any atom is 0.227 e. The van der Waals surface area contributed by atoms with Crippen LogP contribution in [0.5, 0.6) is 0 Å². The molecule has 1 aromatic carbocycles. The monoisotopic (exact) mass is 301 g/mol. The number of nitrogens with one attached hydrogen (secondary N) is 2. The number of hydrogen-bond acceptors (Lipinski definition) is 3. The lowest BCUT2D eigenvalue weighted by Gasteiger charge is -2.33. The van der Waals surface area contributed by atoms with Crippen molar-refractivity contribution in [3.05, 3.63) is 34.9 Å². The Balaban J connectivity index is 1.67. The average Bonchev–Trinajstić information content (AvgIpc) is 2.56. The lowest BCUT2D eigenvalue weighted by molar-refractivity contribution is -0.132. The molecule has 2 aliphatic rings. The molecule has 1 fully saturated rings. The molecule has 4 heteroatoms. The van der Waals surface area contributed by atoms with Crippen molar-refractivity contribution in [1.29, 1.82) is 0 Å². The van der Waals surface area contributed by atoms with E-state index in [1.54, 1.807) is 0 Å². The minimum Gasteiger partial charge on any atom is -0.342 e. The van der Waals surface area contributed by atoms with E-state index in [0.29, 0.717) is 18.2 Å². The average molecular weight is 301 g/mol. The van der Waals surface area contributed by atoms with Gasteiger partial charge in [-0.25, -0.2) is 0 Å². The second-order valence-corrected chi connectivity index (χ2v) is 6.56. The molecule has 3 rings (SSSR count). The Morgan fingerprint density at radius 3 is 3.23 bits per heavy atom. The number of fused-ring (bicyclic) bond motifs is 1. The molecule has 2 N–H and O–H groups in total. The first-order valence-corrected chi connectivity index (χ1v) is 8.50. The normalized spacial score (nSPS) is 21.5. The minimum atomic E-state index is 0.299. The fourth-order valence-electron chi connectivity index (χ4n) is 3.80. The molecule has 0 saturated carbocycles. The highest BCUT2D eigenvalue weighted by Gasteiger charge is 2.24. The summed E-state index contributed by atoms with van der Waals surface area (Å²) < 4.78 is 0. The number of carbonyl (C=O) groups is 1. The van der Waals surface area contributed by atoms with E-state index in [1.807, 2.05) is 7.05 Å². The van der Waals surface area contributed by atoms with E-state index in [0.717, 1.165) is 45.6 Å². The second kappa shape index (κ2) is 7.25. The summed E-state index contributed by atoms with van der Waals surface area (Å²) in [5, 5.41) is 6.64. The number of amides is 1. The van der Waals surface area contributed by atoms with Crippen molar-refractivity contribution in [2.45, 2.75) is 32.2 Å². The zero-order valence-electron chi connectivity index (χ0n) is 13.5. The lowest BCUT2D eigenvalue weighted by atomic mass is 9.92.